The lowest BCUT2D eigenvalue weighted by Gasteiger charge is -2.27. The summed E-state index contributed by atoms with van der Waals surface area (Å²) in [6.07, 6.45) is 12.8. The second kappa shape index (κ2) is 6.65. The lowest BCUT2D eigenvalue weighted by atomic mass is 9.78. The van der Waals surface area contributed by atoms with Gasteiger partial charge in [-0.15, -0.1) is 0 Å². The molecule has 0 amide bonds. The van der Waals surface area contributed by atoms with Crippen molar-refractivity contribution in [1.82, 2.24) is 0 Å². The fraction of sp³-hybridized carbons (Fsp3) is 0.412. The first-order valence-corrected chi connectivity index (χ1v) is 6.95. The Kier molecular flexibility index (Phi) is 4.89. The molecule has 0 unspecified atom stereocenters. The maximum absolute atomic E-state index is 13.2. The van der Waals surface area contributed by atoms with Crippen LogP contribution >= 0.6 is 0 Å². The highest BCUT2D eigenvalue weighted by atomic mass is 19.2. The molecule has 0 nitrogen and oxygen atoms in total. The molecule has 1 fully saturated rings. The van der Waals surface area contributed by atoms with Crippen molar-refractivity contribution in [1.29, 1.82) is 0 Å². The van der Waals surface area contributed by atoms with Gasteiger partial charge in [-0.25, -0.2) is 8.78 Å². The minimum Gasteiger partial charge on any atom is -0.204 e. The van der Waals surface area contributed by atoms with Gasteiger partial charge < -0.3 is 0 Å². The Bertz CT molecular complexity index is 466. The van der Waals surface area contributed by atoms with Crippen molar-refractivity contribution in [3.05, 3.63) is 59.7 Å². The average Bonchev–Trinajstić information content (AvgIpc) is 2.43. The average molecular weight is 262 g/mol. The highest BCUT2D eigenvalue weighted by Gasteiger charge is 2.21. The molecular formula is C17H20F2. The Balaban J connectivity index is 1.94. The zero-order valence-electron chi connectivity index (χ0n) is 11.3. The molecule has 0 bridgehead atoms. The van der Waals surface area contributed by atoms with Gasteiger partial charge in [0.05, 0.1) is 0 Å². The third-order valence-corrected chi connectivity index (χ3v) is 3.87. The summed E-state index contributed by atoms with van der Waals surface area (Å²) >= 11 is 0. The largest absolute Gasteiger partial charge is 0.204 e. The number of rotatable bonds is 3. The second-order valence-electron chi connectivity index (χ2n) is 5.20. The van der Waals surface area contributed by atoms with Gasteiger partial charge >= 0.3 is 0 Å². The van der Waals surface area contributed by atoms with Gasteiger partial charge in [-0.05, 0) is 62.1 Å². The Morgan fingerprint density at radius 3 is 2.37 bits per heavy atom. The van der Waals surface area contributed by atoms with Gasteiger partial charge in [0.15, 0.2) is 11.6 Å². The van der Waals surface area contributed by atoms with E-state index in [9.17, 15) is 8.78 Å². The topological polar surface area (TPSA) is 0 Å². The fourth-order valence-corrected chi connectivity index (χ4v) is 2.74. The number of hydrogen-bond donors (Lipinski definition) is 0. The first-order valence-electron chi connectivity index (χ1n) is 6.95. The van der Waals surface area contributed by atoms with Crippen molar-refractivity contribution in [3.8, 4) is 0 Å². The summed E-state index contributed by atoms with van der Waals surface area (Å²) in [5.74, 6) is -0.487. The van der Waals surface area contributed by atoms with Crippen molar-refractivity contribution >= 4 is 0 Å². The molecule has 0 heterocycles. The molecule has 0 aliphatic heterocycles. The van der Waals surface area contributed by atoms with E-state index in [2.05, 4.69) is 12.2 Å². The zero-order valence-corrected chi connectivity index (χ0v) is 11.3. The molecule has 2 heteroatoms. The number of halogens is 2. The van der Waals surface area contributed by atoms with Gasteiger partial charge in [0.1, 0.15) is 0 Å². The van der Waals surface area contributed by atoms with Gasteiger partial charge in [0, 0.05) is 0 Å². The van der Waals surface area contributed by atoms with Crippen LogP contribution < -0.4 is 0 Å². The molecular weight excluding hydrogens is 242 g/mol. The number of allylic oxidation sites excluding steroid dienone is 4. The van der Waals surface area contributed by atoms with E-state index in [0.717, 1.165) is 31.2 Å². The minimum atomic E-state index is -0.758. The smallest absolute Gasteiger partial charge is 0.159 e. The summed E-state index contributed by atoms with van der Waals surface area (Å²) in [6.45, 7) is 2.00. The molecule has 0 atom stereocenters. The van der Waals surface area contributed by atoms with Crippen molar-refractivity contribution in [2.24, 2.45) is 5.92 Å². The van der Waals surface area contributed by atoms with Crippen LogP contribution in [0, 0.1) is 17.6 Å². The number of benzene rings is 1. The summed E-state index contributed by atoms with van der Waals surface area (Å²) in [5, 5.41) is 0. The predicted octanol–water partition coefficient (Wildman–Crippen LogP) is 5.37. The third-order valence-electron chi connectivity index (χ3n) is 3.87. The molecule has 1 saturated carbocycles. The molecule has 19 heavy (non-hydrogen) atoms. The predicted molar refractivity (Wildman–Crippen MR) is 75.0 cm³/mol. The summed E-state index contributed by atoms with van der Waals surface area (Å²) in [7, 11) is 0. The maximum atomic E-state index is 13.2. The molecule has 102 valence electrons. The summed E-state index contributed by atoms with van der Waals surface area (Å²) in [5.41, 5.74) is 0.940. The van der Waals surface area contributed by atoms with Crippen LogP contribution in [0.4, 0.5) is 8.78 Å². The molecule has 1 aliphatic carbocycles. The molecule has 1 aliphatic rings. The third kappa shape index (κ3) is 3.76. The minimum absolute atomic E-state index is 0.376. The van der Waals surface area contributed by atoms with Crippen LogP contribution in [0.15, 0.2) is 42.5 Å². The van der Waals surface area contributed by atoms with Crippen molar-refractivity contribution in [2.75, 3.05) is 0 Å². The second-order valence-corrected chi connectivity index (χ2v) is 5.20. The van der Waals surface area contributed by atoms with Crippen molar-refractivity contribution in [3.63, 3.8) is 0 Å². The van der Waals surface area contributed by atoms with E-state index in [0.29, 0.717) is 11.8 Å². The summed E-state index contributed by atoms with van der Waals surface area (Å²) < 4.78 is 26.1. The van der Waals surface area contributed by atoms with E-state index in [1.54, 1.807) is 6.07 Å². The van der Waals surface area contributed by atoms with Crippen LogP contribution in [0.1, 0.15) is 44.1 Å². The molecule has 2 rings (SSSR count). The SMILES string of the molecule is CC=CC=CC1CCC(c2ccc(F)c(F)c2)CC1. The lowest BCUT2D eigenvalue weighted by Crippen LogP contribution is -2.12. The van der Waals surface area contributed by atoms with Crippen LogP contribution in [0.25, 0.3) is 0 Å². The summed E-state index contributed by atoms with van der Waals surface area (Å²) in [4.78, 5) is 0. The van der Waals surface area contributed by atoms with Gasteiger partial charge in [0.2, 0.25) is 0 Å². The van der Waals surface area contributed by atoms with Gasteiger partial charge in [-0.3, -0.25) is 0 Å². The first kappa shape index (κ1) is 14.0. The van der Waals surface area contributed by atoms with Crippen LogP contribution in [0.5, 0.6) is 0 Å². The van der Waals surface area contributed by atoms with Crippen LogP contribution in [0.3, 0.4) is 0 Å². The van der Waals surface area contributed by atoms with Crippen LogP contribution in [-0.4, -0.2) is 0 Å². The van der Waals surface area contributed by atoms with E-state index >= 15 is 0 Å². The molecule has 1 aromatic carbocycles. The molecule has 0 saturated heterocycles. The zero-order chi connectivity index (χ0) is 13.7. The van der Waals surface area contributed by atoms with Gasteiger partial charge in [-0.2, -0.15) is 0 Å². The quantitative estimate of drug-likeness (QED) is 0.642. The highest BCUT2D eigenvalue weighted by molar-refractivity contribution is 5.22. The lowest BCUT2D eigenvalue weighted by molar-refractivity contribution is 0.374. The molecule has 0 N–H and O–H groups in total. The monoisotopic (exact) mass is 262 g/mol. The molecule has 0 radical (unpaired) electrons. The van der Waals surface area contributed by atoms with E-state index in [-0.39, 0.29) is 0 Å². The maximum Gasteiger partial charge on any atom is 0.159 e. The van der Waals surface area contributed by atoms with Crippen molar-refractivity contribution < 1.29 is 8.78 Å². The van der Waals surface area contributed by atoms with Crippen molar-refractivity contribution in [2.45, 2.75) is 38.5 Å². The van der Waals surface area contributed by atoms with E-state index < -0.39 is 11.6 Å². The molecule has 1 aromatic rings. The number of hydrogen-bond acceptors (Lipinski definition) is 0. The van der Waals surface area contributed by atoms with Crippen LogP contribution in [-0.2, 0) is 0 Å². The van der Waals surface area contributed by atoms with Gasteiger partial charge in [0.25, 0.3) is 0 Å². The Labute approximate surface area is 113 Å². The Morgan fingerprint density at radius 2 is 1.74 bits per heavy atom. The summed E-state index contributed by atoms with van der Waals surface area (Å²) in [6, 6.07) is 4.32. The van der Waals surface area contributed by atoms with Gasteiger partial charge in [-0.1, -0.05) is 30.4 Å². The highest BCUT2D eigenvalue weighted by Crippen LogP contribution is 2.36. The van der Waals surface area contributed by atoms with E-state index in [1.807, 2.05) is 19.1 Å². The normalized spacial score (nSPS) is 24.4. The van der Waals surface area contributed by atoms with Crippen LogP contribution in [0.2, 0.25) is 0 Å². The van der Waals surface area contributed by atoms with E-state index in [1.165, 1.54) is 12.1 Å². The standard InChI is InChI=1S/C17H20F2/c1-2-3-4-5-13-6-8-14(9-7-13)15-10-11-16(18)17(19)12-15/h2-5,10-14H,6-9H2,1H3. The first-order chi connectivity index (χ1) is 9.20. The molecule has 0 spiro atoms. The Hall–Kier alpha value is -1.44. The Morgan fingerprint density at radius 1 is 1.00 bits per heavy atom. The fourth-order valence-electron chi connectivity index (χ4n) is 2.74. The van der Waals surface area contributed by atoms with E-state index in [4.69, 9.17) is 0 Å². The molecule has 0 aromatic heterocycles.